The van der Waals surface area contributed by atoms with Crippen molar-refractivity contribution in [1.82, 2.24) is 4.90 Å². The maximum absolute atomic E-state index is 12.2. The quantitative estimate of drug-likeness (QED) is 0.901. The molecule has 4 heteroatoms. The van der Waals surface area contributed by atoms with Crippen molar-refractivity contribution in [2.45, 2.75) is 32.4 Å². The fourth-order valence-electron chi connectivity index (χ4n) is 1.51. The first-order valence-electron chi connectivity index (χ1n) is 5.49. The van der Waals surface area contributed by atoms with Gasteiger partial charge in [0.05, 0.1) is 0 Å². The Bertz CT molecular complexity index is 363. The van der Waals surface area contributed by atoms with E-state index in [0.717, 1.165) is 5.56 Å². The molecule has 0 radical (unpaired) electrons. The van der Waals surface area contributed by atoms with Gasteiger partial charge in [-0.05, 0) is 26.3 Å². The van der Waals surface area contributed by atoms with Crippen molar-refractivity contribution in [3.63, 3.8) is 0 Å². The summed E-state index contributed by atoms with van der Waals surface area (Å²) >= 11 is 0. The maximum Gasteiger partial charge on any atom is 0.246 e. The van der Waals surface area contributed by atoms with Crippen LogP contribution < -0.4 is 5.73 Å². The average molecular weight is 257 g/mol. The van der Waals surface area contributed by atoms with Gasteiger partial charge in [-0.2, -0.15) is 0 Å². The predicted molar refractivity (Wildman–Crippen MR) is 73.1 cm³/mol. The molecule has 1 aromatic carbocycles. The van der Waals surface area contributed by atoms with Gasteiger partial charge >= 0.3 is 0 Å². The first-order valence-corrected chi connectivity index (χ1v) is 5.49. The fraction of sp³-hybridized carbons (Fsp3) is 0.462. The van der Waals surface area contributed by atoms with Crippen LogP contribution in [0.25, 0.3) is 0 Å². The molecule has 17 heavy (non-hydrogen) atoms. The van der Waals surface area contributed by atoms with Gasteiger partial charge in [0.25, 0.3) is 0 Å². The zero-order valence-electron chi connectivity index (χ0n) is 10.8. The van der Waals surface area contributed by atoms with Crippen molar-refractivity contribution in [2.75, 3.05) is 7.05 Å². The van der Waals surface area contributed by atoms with E-state index in [4.69, 9.17) is 5.73 Å². The Morgan fingerprint density at radius 2 is 1.76 bits per heavy atom. The zero-order valence-corrected chi connectivity index (χ0v) is 11.6. The van der Waals surface area contributed by atoms with Crippen LogP contribution in [0.2, 0.25) is 0 Å². The van der Waals surface area contributed by atoms with Crippen LogP contribution in [-0.4, -0.2) is 23.9 Å². The van der Waals surface area contributed by atoms with Crippen molar-refractivity contribution in [3.05, 3.63) is 35.9 Å². The van der Waals surface area contributed by atoms with Gasteiger partial charge in [0, 0.05) is 13.1 Å². The van der Waals surface area contributed by atoms with E-state index in [0.29, 0.717) is 0 Å². The molecule has 1 rings (SSSR count). The number of hydrogen-bond acceptors (Lipinski definition) is 2. The number of carbonyl (C=O) groups is 1. The minimum absolute atomic E-state index is 0. The summed E-state index contributed by atoms with van der Waals surface area (Å²) in [6.45, 7) is 5.70. The number of nitrogens with two attached hydrogens (primary N) is 1. The highest BCUT2D eigenvalue weighted by Gasteiger charge is 2.33. The Kier molecular flexibility index (Phi) is 5.66. The average Bonchev–Trinajstić information content (AvgIpc) is 2.28. The topological polar surface area (TPSA) is 46.3 Å². The molecule has 1 amide bonds. The predicted octanol–water partition coefficient (Wildman–Crippen LogP) is 2.15. The number of carbonyl (C=O) groups excluding carboxylic acids is 1. The van der Waals surface area contributed by atoms with Crippen LogP contribution in [-0.2, 0) is 10.3 Å². The number of amides is 1. The third-order valence-corrected chi connectivity index (χ3v) is 2.91. The minimum Gasteiger partial charge on any atom is -0.341 e. The number of hydrogen-bond donors (Lipinski definition) is 1. The highest BCUT2D eigenvalue weighted by atomic mass is 35.5. The molecule has 2 N–H and O–H groups in total. The van der Waals surface area contributed by atoms with E-state index in [-0.39, 0.29) is 24.4 Å². The van der Waals surface area contributed by atoms with E-state index < -0.39 is 5.54 Å². The Hall–Kier alpha value is -1.06. The summed E-state index contributed by atoms with van der Waals surface area (Å²) in [6, 6.07) is 9.61. The van der Waals surface area contributed by atoms with Crippen molar-refractivity contribution in [1.29, 1.82) is 0 Å². The van der Waals surface area contributed by atoms with Gasteiger partial charge in [0.1, 0.15) is 5.54 Å². The van der Waals surface area contributed by atoms with Crippen molar-refractivity contribution >= 4 is 18.3 Å². The lowest BCUT2D eigenvalue weighted by Gasteiger charge is -2.32. The standard InChI is InChI=1S/C13H20N2O.ClH/c1-10(2)15(4)12(16)13(3,14)11-8-6-5-7-9-11;/h5-10H,14H2,1-4H3;1H. The van der Waals surface area contributed by atoms with Gasteiger partial charge in [-0.25, -0.2) is 0 Å². The Morgan fingerprint density at radius 1 is 1.29 bits per heavy atom. The molecule has 0 aliphatic carbocycles. The summed E-state index contributed by atoms with van der Waals surface area (Å²) in [4.78, 5) is 13.9. The van der Waals surface area contributed by atoms with Crippen molar-refractivity contribution in [3.8, 4) is 0 Å². The molecule has 0 bridgehead atoms. The van der Waals surface area contributed by atoms with E-state index >= 15 is 0 Å². The smallest absolute Gasteiger partial charge is 0.246 e. The van der Waals surface area contributed by atoms with Crippen LogP contribution in [0.15, 0.2) is 30.3 Å². The van der Waals surface area contributed by atoms with Crippen LogP contribution in [0.3, 0.4) is 0 Å². The Balaban J connectivity index is 0.00000256. The van der Waals surface area contributed by atoms with Gasteiger partial charge in [0.2, 0.25) is 5.91 Å². The van der Waals surface area contributed by atoms with E-state index in [1.807, 2.05) is 44.2 Å². The normalized spacial score (nSPS) is 13.8. The van der Waals surface area contributed by atoms with Gasteiger partial charge < -0.3 is 10.6 Å². The summed E-state index contributed by atoms with van der Waals surface area (Å²) in [6.07, 6.45) is 0. The number of rotatable bonds is 3. The minimum atomic E-state index is -0.958. The number of nitrogens with zero attached hydrogens (tertiary/aromatic N) is 1. The molecule has 0 aromatic heterocycles. The lowest BCUT2D eigenvalue weighted by molar-refractivity contribution is -0.136. The number of benzene rings is 1. The molecule has 0 fully saturated rings. The molecule has 96 valence electrons. The monoisotopic (exact) mass is 256 g/mol. The lowest BCUT2D eigenvalue weighted by atomic mass is 9.91. The Morgan fingerprint density at radius 3 is 2.18 bits per heavy atom. The molecule has 0 aliphatic heterocycles. The summed E-state index contributed by atoms with van der Waals surface area (Å²) in [7, 11) is 1.78. The molecule has 0 saturated carbocycles. The third-order valence-electron chi connectivity index (χ3n) is 2.91. The highest BCUT2D eigenvalue weighted by molar-refractivity contribution is 5.87. The molecular weight excluding hydrogens is 236 g/mol. The van der Waals surface area contributed by atoms with E-state index in [1.165, 1.54) is 0 Å². The van der Waals surface area contributed by atoms with Crippen LogP contribution in [0.4, 0.5) is 0 Å². The Labute approximate surface area is 109 Å². The molecule has 0 spiro atoms. The van der Waals surface area contributed by atoms with Crippen LogP contribution >= 0.6 is 12.4 Å². The second-order valence-electron chi connectivity index (χ2n) is 4.58. The largest absolute Gasteiger partial charge is 0.341 e. The fourth-order valence-corrected chi connectivity index (χ4v) is 1.51. The summed E-state index contributed by atoms with van der Waals surface area (Å²) in [5.74, 6) is -0.0614. The molecule has 0 aliphatic rings. The summed E-state index contributed by atoms with van der Waals surface area (Å²) < 4.78 is 0. The van der Waals surface area contributed by atoms with Gasteiger partial charge in [-0.15, -0.1) is 12.4 Å². The second-order valence-corrected chi connectivity index (χ2v) is 4.58. The van der Waals surface area contributed by atoms with Crippen molar-refractivity contribution < 1.29 is 4.79 Å². The summed E-state index contributed by atoms with van der Waals surface area (Å²) in [5.41, 5.74) is 6.01. The van der Waals surface area contributed by atoms with Gasteiger partial charge in [-0.3, -0.25) is 4.79 Å². The molecular formula is C13H21ClN2O. The molecule has 0 heterocycles. The first-order chi connectivity index (χ1) is 7.37. The third kappa shape index (κ3) is 3.45. The molecule has 3 nitrogen and oxygen atoms in total. The molecule has 0 saturated heterocycles. The van der Waals surface area contributed by atoms with Gasteiger partial charge in [-0.1, -0.05) is 30.3 Å². The van der Waals surface area contributed by atoms with Crippen LogP contribution in [0.1, 0.15) is 26.3 Å². The molecule has 1 atom stereocenters. The van der Waals surface area contributed by atoms with Crippen LogP contribution in [0.5, 0.6) is 0 Å². The van der Waals surface area contributed by atoms with Crippen LogP contribution in [0, 0.1) is 0 Å². The van der Waals surface area contributed by atoms with E-state index in [9.17, 15) is 4.79 Å². The van der Waals surface area contributed by atoms with Gasteiger partial charge in [0.15, 0.2) is 0 Å². The lowest BCUT2D eigenvalue weighted by Crippen LogP contribution is -2.51. The van der Waals surface area contributed by atoms with Crippen molar-refractivity contribution in [2.24, 2.45) is 5.73 Å². The maximum atomic E-state index is 12.2. The second kappa shape index (κ2) is 6.03. The highest BCUT2D eigenvalue weighted by Crippen LogP contribution is 2.20. The molecule has 1 unspecified atom stereocenters. The SMILES string of the molecule is CC(C)N(C)C(=O)C(C)(N)c1ccccc1.Cl. The zero-order chi connectivity index (χ0) is 12.3. The molecule has 1 aromatic rings. The number of halogens is 1. The van der Waals surface area contributed by atoms with E-state index in [1.54, 1.807) is 18.9 Å². The van der Waals surface area contributed by atoms with E-state index in [2.05, 4.69) is 0 Å². The number of likely N-dealkylation sites (N-methyl/N-ethyl adjacent to an activating group) is 1. The summed E-state index contributed by atoms with van der Waals surface area (Å²) in [5, 5.41) is 0. The first kappa shape index (κ1) is 15.9.